The van der Waals surface area contributed by atoms with Crippen molar-refractivity contribution in [3.05, 3.63) is 102 Å². The predicted octanol–water partition coefficient (Wildman–Crippen LogP) is 7.90. The summed E-state index contributed by atoms with van der Waals surface area (Å²) < 4.78 is 14.0. The molecule has 0 saturated carbocycles. The van der Waals surface area contributed by atoms with Crippen molar-refractivity contribution in [2.45, 2.75) is 90.7 Å². The second-order valence-electron chi connectivity index (χ2n) is 17.8. The fourth-order valence-electron chi connectivity index (χ4n) is 9.59. The average Bonchev–Trinajstić information content (AvgIpc) is 4.15. The van der Waals surface area contributed by atoms with E-state index in [1.807, 2.05) is 68.1 Å². The molecular weight excluding hydrogens is 811 g/mol. The highest BCUT2D eigenvalue weighted by atomic mass is 16.5. The SMILES string of the molecule is COC(=O)N[C@H](C(=O)N1CCC[C@H]1c1ncc(-c2ccc3c(c2)cc2n3C(c3ccccc3)Oc3cc(-c4cnc(C5CCCN5C(=O)[C@@H](NC(C)=O)C(C)C)[nH]4)ccc3-2)[nH]1)C(C)C. The van der Waals surface area contributed by atoms with E-state index in [0.717, 1.165) is 81.7 Å². The lowest BCUT2D eigenvalue weighted by Gasteiger charge is -2.30. The van der Waals surface area contributed by atoms with Gasteiger partial charge in [-0.2, -0.15) is 0 Å². The summed E-state index contributed by atoms with van der Waals surface area (Å²) in [5.41, 5.74) is 7.51. The van der Waals surface area contributed by atoms with Gasteiger partial charge in [0.2, 0.25) is 23.9 Å². The Morgan fingerprint density at radius 2 is 1.33 bits per heavy atom. The molecule has 15 heteroatoms. The number of likely N-dealkylation sites (tertiary alicyclic amines) is 2. The van der Waals surface area contributed by atoms with E-state index in [9.17, 15) is 19.2 Å². The van der Waals surface area contributed by atoms with Crippen LogP contribution in [-0.4, -0.2) is 90.4 Å². The Kier molecular flexibility index (Phi) is 11.5. The number of nitrogens with zero attached hydrogens (tertiary/aromatic N) is 5. The van der Waals surface area contributed by atoms with Gasteiger partial charge in [0.25, 0.3) is 0 Å². The summed E-state index contributed by atoms with van der Waals surface area (Å²) in [5, 5.41) is 6.60. The molecule has 4 N–H and O–H groups in total. The highest BCUT2D eigenvalue weighted by Crippen LogP contribution is 2.46. The molecule has 3 aromatic carbocycles. The number of rotatable bonds is 11. The molecule has 2 saturated heterocycles. The van der Waals surface area contributed by atoms with Crippen LogP contribution in [0.4, 0.5) is 4.79 Å². The number of ether oxygens (including phenoxy) is 2. The third kappa shape index (κ3) is 7.88. The first kappa shape index (κ1) is 42.4. The first-order valence-electron chi connectivity index (χ1n) is 22.2. The zero-order valence-electron chi connectivity index (χ0n) is 37.1. The summed E-state index contributed by atoms with van der Waals surface area (Å²) in [5.74, 6) is 1.52. The number of nitrogens with one attached hydrogen (secondary N) is 4. The minimum absolute atomic E-state index is 0.0538. The Hall–Kier alpha value is -6.90. The molecule has 64 heavy (non-hydrogen) atoms. The zero-order valence-corrected chi connectivity index (χ0v) is 37.1. The van der Waals surface area contributed by atoms with E-state index >= 15 is 0 Å². The molecule has 6 aromatic rings. The quantitative estimate of drug-likeness (QED) is 0.102. The van der Waals surface area contributed by atoms with Crippen LogP contribution in [0.1, 0.15) is 95.8 Å². The minimum atomic E-state index is -0.711. The number of fused-ring (bicyclic) bond motifs is 5. The highest BCUT2D eigenvalue weighted by molar-refractivity contribution is 5.93. The Balaban J connectivity index is 1.01. The number of carbonyl (C=O) groups excluding carboxylic acids is 4. The smallest absolute Gasteiger partial charge is 0.407 e. The maximum Gasteiger partial charge on any atom is 0.407 e. The van der Waals surface area contributed by atoms with E-state index in [1.54, 1.807) is 0 Å². The lowest BCUT2D eigenvalue weighted by Crippen LogP contribution is -2.51. The lowest BCUT2D eigenvalue weighted by molar-refractivity contribution is -0.138. The molecule has 9 rings (SSSR count). The molecule has 6 heterocycles. The summed E-state index contributed by atoms with van der Waals surface area (Å²) in [6.45, 7) is 10.3. The minimum Gasteiger partial charge on any atom is -0.465 e. The number of benzene rings is 3. The first-order valence-corrected chi connectivity index (χ1v) is 22.2. The van der Waals surface area contributed by atoms with E-state index in [0.29, 0.717) is 24.7 Å². The van der Waals surface area contributed by atoms with Gasteiger partial charge in [-0.25, -0.2) is 14.8 Å². The van der Waals surface area contributed by atoms with Gasteiger partial charge in [-0.15, -0.1) is 0 Å². The Morgan fingerprint density at radius 3 is 1.91 bits per heavy atom. The van der Waals surface area contributed by atoms with Gasteiger partial charge in [0.15, 0.2) is 0 Å². The third-order valence-electron chi connectivity index (χ3n) is 12.9. The van der Waals surface area contributed by atoms with Crippen LogP contribution < -0.4 is 15.4 Å². The van der Waals surface area contributed by atoms with Crippen LogP contribution in [0.5, 0.6) is 5.75 Å². The summed E-state index contributed by atoms with van der Waals surface area (Å²) >= 11 is 0. The lowest BCUT2D eigenvalue weighted by atomic mass is 10.0. The molecule has 2 unspecified atom stereocenters. The van der Waals surface area contributed by atoms with Crippen molar-refractivity contribution >= 4 is 34.7 Å². The van der Waals surface area contributed by atoms with E-state index < -0.39 is 24.4 Å². The number of alkyl carbamates (subject to hydrolysis) is 1. The van der Waals surface area contributed by atoms with E-state index in [1.165, 1.54) is 14.0 Å². The second-order valence-corrected chi connectivity index (χ2v) is 17.8. The normalized spacial score (nSPS) is 19.0. The van der Waals surface area contributed by atoms with Crippen molar-refractivity contribution in [1.82, 2.24) is 44.9 Å². The molecule has 2 fully saturated rings. The van der Waals surface area contributed by atoms with Crippen molar-refractivity contribution in [2.75, 3.05) is 20.2 Å². The molecule has 3 aliphatic heterocycles. The number of aromatic amines is 2. The molecule has 5 atom stereocenters. The molecule has 332 valence electrons. The maximum atomic E-state index is 13.8. The van der Waals surface area contributed by atoms with Gasteiger partial charge in [0.05, 0.1) is 54.2 Å². The van der Waals surface area contributed by atoms with Gasteiger partial charge >= 0.3 is 6.09 Å². The summed E-state index contributed by atoms with van der Waals surface area (Å²) in [6.07, 6.45) is 5.78. The number of hydrogen-bond acceptors (Lipinski definition) is 8. The fourth-order valence-corrected chi connectivity index (χ4v) is 9.59. The van der Waals surface area contributed by atoms with E-state index in [-0.39, 0.29) is 41.6 Å². The standard InChI is InChI=1S/C49H55N9O6/c1-27(2)42(52-29(5)59)46(60)56-20-10-14-38(56)45-51-26-36(54-45)32-16-18-34-40-23-33-22-31(17-19-37(33)58(40)48(64-41(34)24-32)30-12-8-7-9-13-30)35-25-50-44(53-35)39-15-11-21-57(39)47(61)43(28(3)4)55-49(62)63-6/h7-9,12-13,16-19,22-28,38-39,42-43,48H,10-11,14-15,20-21H2,1-6H3,(H,50,53)(H,51,54)(H,52,59)(H,55,62)/t38?,39-,42-,43-,48?/m0/s1. The molecule has 0 spiro atoms. The topological polar surface area (TPSA) is 180 Å². The Bertz CT molecular complexity index is 2720. The third-order valence-corrected chi connectivity index (χ3v) is 12.9. The molecule has 0 bridgehead atoms. The van der Waals surface area contributed by atoms with Gasteiger partial charge < -0.3 is 44.4 Å². The molecular formula is C49H55N9O6. The summed E-state index contributed by atoms with van der Waals surface area (Å²) in [4.78, 5) is 71.8. The largest absolute Gasteiger partial charge is 0.465 e. The van der Waals surface area contributed by atoms with Crippen LogP contribution in [0.2, 0.25) is 0 Å². The number of carbonyl (C=O) groups is 4. The molecule has 3 aliphatic rings. The van der Waals surface area contributed by atoms with Crippen molar-refractivity contribution in [1.29, 1.82) is 0 Å². The van der Waals surface area contributed by atoms with Crippen LogP contribution in [-0.2, 0) is 19.1 Å². The van der Waals surface area contributed by atoms with Crippen LogP contribution >= 0.6 is 0 Å². The van der Waals surface area contributed by atoms with Crippen LogP contribution in [0, 0.1) is 11.8 Å². The summed E-state index contributed by atoms with van der Waals surface area (Å²) in [7, 11) is 1.29. The molecule has 0 radical (unpaired) electrons. The molecule has 15 nitrogen and oxygen atoms in total. The number of imidazole rings is 2. The second kappa shape index (κ2) is 17.3. The van der Waals surface area contributed by atoms with Gasteiger partial charge in [-0.1, -0.05) is 70.2 Å². The van der Waals surface area contributed by atoms with Crippen LogP contribution in [0.3, 0.4) is 0 Å². The summed E-state index contributed by atoms with van der Waals surface area (Å²) in [6, 6.07) is 23.2. The van der Waals surface area contributed by atoms with Gasteiger partial charge in [0, 0.05) is 47.7 Å². The van der Waals surface area contributed by atoms with Crippen LogP contribution in [0.15, 0.2) is 85.2 Å². The monoisotopic (exact) mass is 865 g/mol. The predicted molar refractivity (Wildman–Crippen MR) is 242 cm³/mol. The van der Waals surface area contributed by atoms with Crippen molar-refractivity contribution in [3.8, 4) is 39.5 Å². The Morgan fingerprint density at radius 1 is 0.750 bits per heavy atom. The van der Waals surface area contributed by atoms with Gasteiger partial charge in [-0.05, 0) is 67.9 Å². The molecule has 3 aromatic heterocycles. The van der Waals surface area contributed by atoms with Crippen LogP contribution in [0.25, 0.3) is 44.7 Å². The van der Waals surface area contributed by atoms with Crippen molar-refractivity contribution in [2.24, 2.45) is 11.8 Å². The van der Waals surface area contributed by atoms with E-state index in [4.69, 9.17) is 19.4 Å². The number of H-pyrrole nitrogens is 2. The highest BCUT2D eigenvalue weighted by Gasteiger charge is 2.39. The van der Waals surface area contributed by atoms with Crippen molar-refractivity contribution in [3.63, 3.8) is 0 Å². The fraction of sp³-hybridized carbons (Fsp3) is 0.388. The van der Waals surface area contributed by atoms with Gasteiger partial charge in [-0.3, -0.25) is 14.4 Å². The average molecular weight is 866 g/mol. The Labute approximate surface area is 371 Å². The molecule has 4 amide bonds. The van der Waals surface area contributed by atoms with E-state index in [2.05, 4.69) is 79.8 Å². The maximum absolute atomic E-state index is 13.8. The number of aromatic nitrogens is 5. The van der Waals surface area contributed by atoms with Crippen molar-refractivity contribution < 1.29 is 28.7 Å². The zero-order chi connectivity index (χ0) is 44.8. The number of hydrogen-bond donors (Lipinski definition) is 4. The first-order chi connectivity index (χ1) is 30.9. The van der Waals surface area contributed by atoms with Gasteiger partial charge in [0.1, 0.15) is 29.5 Å². The molecule has 0 aliphatic carbocycles. The number of amides is 4. The number of methoxy groups -OCH3 is 1.